The summed E-state index contributed by atoms with van der Waals surface area (Å²) < 4.78 is 17.1. The zero-order valence-electron chi connectivity index (χ0n) is 35.1. The van der Waals surface area contributed by atoms with Crippen molar-refractivity contribution < 1.29 is 38.2 Å². The number of carboxylic acid groups (broad SMARTS) is 1. The van der Waals surface area contributed by atoms with E-state index in [1.165, 1.54) is 19.3 Å². The minimum atomic E-state index is -0.894. The molecule has 8 heteroatoms. The minimum absolute atomic E-state index is 0.0199. The second kappa shape index (κ2) is 37.2. The number of esters is 2. The monoisotopic (exact) mass is 767 g/mol. The summed E-state index contributed by atoms with van der Waals surface area (Å²) in [4.78, 5) is 36.7. The second-order valence-electron chi connectivity index (χ2n) is 14.5. The van der Waals surface area contributed by atoms with Crippen molar-refractivity contribution in [1.82, 2.24) is 0 Å². The number of unbranched alkanes of at least 4 members (excludes halogenated alkanes) is 5. The topological polar surface area (TPSA) is 99.1 Å². The Morgan fingerprint density at radius 3 is 1.56 bits per heavy atom. The minimum Gasteiger partial charge on any atom is -0.477 e. The van der Waals surface area contributed by atoms with Crippen LogP contribution in [-0.4, -0.2) is 80.6 Å². The number of likely N-dealkylation sites (N-methyl/N-ethyl adjacent to an activating group) is 1. The third kappa shape index (κ3) is 35.7. The van der Waals surface area contributed by atoms with Gasteiger partial charge in [0.05, 0.1) is 34.4 Å². The summed E-state index contributed by atoms with van der Waals surface area (Å²) >= 11 is 0. The van der Waals surface area contributed by atoms with Gasteiger partial charge in [0.2, 0.25) is 0 Å². The van der Waals surface area contributed by atoms with Crippen LogP contribution in [0.4, 0.5) is 0 Å². The van der Waals surface area contributed by atoms with Crippen LogP contribution in [0.3, 0.4) is 0 Å². The summed E-state index contributed by atoms with van der Waals surface area (Å²) in [7, 11) is 5.47. The van der Waals surface area contributed by atoms with Gasteiger partial charge in [-0.25, -0.2) is 4.79 Å². The molecule has 0 aliphatic rings. The Bertz CT molecular complexity index is 1220. The quantitative estimate of drug-likeness (QED) is 0.0297. The highest BCUT2D eigenvalue weighted by Crippen LogP contribution is 2.10. The Morgan fingerprint density at radius 2 is 1.05 bits per heavy atom. The zero-order valence-corrected chi connectivity index (χ0v) is 35.1. The van der Waals surface area contributed by atoms with Crippen molar-refractivity contribution in [2.75, 3.05) is 41.0 Å². The number of hydrogen-bond acceptors (Lipinski definition) is 6. The smallest absolute Gasteiger partial charge is 0.362 e. The molecule has 0 aromatic carbocycles. The fourth-order valence-corrected chi connectivity index (χ4v) is 5.27. The van der Waals surface area contributed by atoms with Crippen LogP contribution in [-0.2, 0) is 28.6 Å². The third-order valence-corrected chi connectivity index (χ3v) is 8.48. The van der Waals surface area contributed by atoms with Crippen molar-refractivity contribution in [2.45, 2.75) is 142 Å². The van der Waals surface area contributed by atoms with Crippen LogP contribution in [0.1, 0.15) is 129 Å². The molecule has 0 amide bonds. The Kier molecular flexibility index (Phi) is 34.7. The summed E-state index contributed by atoms with van der Waals surface area (Å²) in [6.45, 7) is 4.44. The average Bonchev–Trinajstić information content (AvgIpc) is 3.14. The molecule has 0 heterocycles. The molecule has 2 unspecified atom stereocenters. The summed E-state index contributed by atoms with van der Waals surface area (Å²) in [5, 5.41) is 9.58. The predicted molar refractivity (Wildman–Crippen MR) is 229 cm³/mol. The van der Waals surface area contributed by atoms with Crippen LogP contribution < -0.4 is 0 Å². The second-order valence-corrected chi connectivity index (χ2v) is 14.5. The van der Waals surface area contributed by atoms with E-state index in [1.807, 2.05) is 27.2 Å². The zero-order chi connectivity index (χ0) is 40.7. The maximum absolute atomic E-state index is 12.7. The van der Waals surface area contributed by atoms with Crippen LogP contribution in [0.25, 0.3) is 0 Å². The number of carbonyl (C=O) groups excluding carboxylic acids is 2. The first-order chi connectivity index (χ1) is 26.6. The lowest BCUT2D eigenvalue weighted by Gasteiger charge is -2.31. The Hall–Kier alpha value is -3.75. The van der Waals surface area contributed by atoms with Gasteiger partial charge in [0.25, 0.3) is 0 Å². The summed E-state index contributed by atoms with van der Waals surface area (Å²) in [6.07, 6.45) is 49.2. The molecule has 0 spiro atoms. The third-order valence-electron chi connectivity index (χ3n) is 8.48. The van der Waals surface area contributed by atoms with E-state index in [0.29, 0.717) is 19.3 Å². The largest absolute Gasteiger partial charge is 0.477 e. The van der Waals surface area contributed by atoms with Gasteiger partial charge in [-0.15, -0.1) is 0 Å². The molecule has 0 rings (SSSR count). The lowest BCUT2D eigenvalue weighted by atomic mass is 10.1. The van der Waals surface area contributed by atoms with E-state index < -0.39 is 18.1 Å². The highest BCUT2D eigenvalue weighted by Gasteiger charge is 2.31. The molecular weight excluding hydrogens is 691 g/mol. The van der Waals surface area contributed by atoms with Crippen molar-refractivity contribution in [3.05, 3.63) is 97.2 Å². The van der Waals surface area contributed by atoms with Crippen molar-refractivity contribution in [2.24, 2.45) is 0 Å². The van der Waals surface area contributed by atoms with E-state index >= 15 is 0 Å². The number of hydrogen-bond donors (Lipinski definition) is 1. The molecule has 0 radical (unpaired) electrons. The molecule has 0 fully saturated rings. The Balaban J connectivity index is 4.46. The van der Waals surface area contributed by atoms with E-state index in [1.54, 1.807) is 0 Å². The van der Waals surface area contributed by atoms with Gasteiger partial charge in [0.15, 0.2) is 12.1 Å². The van der Waals surface area contributed by atoms with Gasteiger partial charge in [-0.2, -0.15) is 0 Å². The van der Waals surface area contributed by atoms with E-state index in [4.69, 9.17) is 14.2 Å². The molecule has 2 atom stereocenters. The van der Waals surface area contributed by atoms with Crippen LogP contribution in [0, 0.1) is 0 Å². The van der Waals surface area contributed by atoms with Gasteiger partial charge in [0.1, 0.15) is 6.61 Å². The van der Waals surface area contributed by atoms with Crippen molar-refractivity contribution in [3.63, 3.8) is 0 Å². The number of rotatable bonds is 35. The maximum atomic E-state index is 12.7. The van der Waals surface area contributed by atoms with Crippen LogP contribution in [0.5, 0.6) is 0 Å². The molecule has 8 nitrogen and oxygen atoms in total. The molecule has 0 aliphatic carbocycles. The SMILES string of the molecule is CC/C=C/C/C=C/C/C=C/C/C=C/C/C=C/C/C=C/C/C=C/CCCC(=O)OC(COCCC(C(=O)O)[N+](C)(C)C)COC(=O)CC/C=C/CCCCCC. The number of allylic oxidation sites excluding steroid dienone is 16. The first kappa shape index (κ1) is 51.2. The van der Waals surface area contributed by atoms with Crippen molar-refractivity contribution >= 4 is 17.9 Å². The first-order valence-electron chi connectivity index (χ1n) is 20.8. The molecule has 55 heavy (non-hydrogen) atoms. The van der Waals surface area contributed by atoms with Gasteiger partial charge >= 0.3 is 17.9 Å². The molecule has 0 saturated heterocycles. The van der Waals surface area contributed by atoms with Crippen LogP contribution in [0.2, 0.25) is 0 Å². The standard InChI is InChI=1S/C47H75NO7/c1-6-8-10-12-14-16-17-18-19-20-21-22-23-24-25-26-27-28-29-30-32-34-36-38-46(50)55-43(41-53-40-39-44(47(51)52)48(3,4)5)42-54-45(49)37-35-33-31-15-13-11-9-7-2/h8,10,14,16,18-19,21-22,24-25,27-28,30-33,43-44H,6-7,9,11-13,15,17,20,23,26,29,34-42H2,1-5H3/p+1/b10-8+,16-14+,19-18+,22-21+,25-24+,28-27+,32-30+,33-31+. The predicted octanol–water partition coefficient (Wildman–Crippen LogP) is 11.1. The molecule has 1 N–H and O–H groups in total. The molecule has 0 aromatic heterocycles. The van der Waals surface area contributed by atoms with Crippen molar-refractivity contribution in [3.8, 4) is 0 Å². The molecule has 310 valence electrons. The van der Waals surface area contributed by atoms with E-state index in [9.17, 15) is 19.5 Å². The van der Waals surface area contributed by atoms with Crippen molar-refractivity contribution in [1.29, 1.82) is 0 Å². The molecule has 0 aromatic rings. The van der Waals surface area contributed by atoms with Gasteiger partial charge in [-0.3, -0.25) is 9.59 Å². The number of nitrogens with zero attached hydrogens (tertiary/aromatic N) is 1. The van der Waals surface area contributed by atoms with E-state index in [-0.39, 0.29) is 49.1 Å². The highest BCUT2D eigenvalue weighted by atomic mass is 16.6. The van der Waals surface area contributed by atoms with Crippen LogP contribution in [0.15, 0.2) is 97.2 Å². The lowest BCUT2D eigenvalue weighted by Crippen LogP contribution is -2.50. The number of ether oxygens (including phenoxy) is 3. The number of aliphatic carboxylic acids is 1. The Labute approximate surface area is 335 Å². The van der Waals surface area contributed by atoms with Gasteiger partial charge in [0, 0.05) is 19.3 Å². The highest BCUT2D eigenvalue weighted by molar-refractivity contribution is 5.72. The number of carboxylic acids is 1. The normalized spacial score (nSPS) is 14.0. The summed E-state index contributed by atoms with van der Waals surface area (Å²) in [5.74, 6) is -1.63. The van der Waals surface area contributed by atoms with E-state index in [2.05, 4.69) is 105 Å². The average molecular weight is 767 g/mol. The Morgan fingerprint density at radius 1 is 0.564 bits per heavy atom. The lowest BCUT2D eigenvalue weighted by molar-refractivity contribution is -0.887. The first-order valence-corrected chi connectivity index (χ1v) is 20.8. The molecular formula is C47H76NO7+. The molecule has 0 bridgehead atoms. The summed E-state index contributed by atoms with van der Waals surface area (Å²) in [5.41, 5.74) is 0. The van der Waals surface area contributed by atoms with Gasteiger partial charge in [-0.1, -0.05) is 130 Å². The van der Waals surface area contributed by atoms with Gasteiger partial charge < -0.3 is 23.8 Å². The maximum Gasteiger partial charge on any atom is 0.362 e. The van der Waals surface area contributed by atoms with E-state index in [0.717, 1.165) is 64.2 Å². The number of quaternary nitrogens is 1. The fourth-order valence-electron chi connectivity index (χ4n) is 5.27. The van der Waals surface area contributed by atoms with Crippen LogP contribution >= 0.6 is 0 Å². The van der Waals surface area contributed by atoms with Gasteiger partial charge in [-0.05, 0) is 77.0 Å². The molecule has 0 aliphatic heterocycles. The fraction of sp³-hybridized carbons (Fsp3) is 0.596. The number of carbonyl (C=O) groups is 3. The molecule has 0 saturated carbocycles. The summed E-state index contributed by atoms with van der Waals surface area (Å²) in [6, 6.07) is -0.633.